The monoisotopic (exact) mass is 313 g/mol. The van der Waals surface area contributed by atoms with Crippen molar-refractivity contribution >= 4 is 23.0 Å². The first-order valence-corrected chi connectivity index (χ1v) is 7.26. The fourth-order valence-electron chi connectivity index (χ4n) is 2.35. The predicted molar refractivity (Wildman–Crippen MR) is 90.7 cm³/mol. The van der Waals surface area contributed by atoms with Crippen molar-refractivity contribution in [2.24, 2.45) is 0 Å². The number of amides is 1. The number of para-hydroxylation sites is 2. The number of carbonyl (C=O) groups is 1. The zero-order valence-corrected chi connectivity index (χ0v) is 13.3. The van der Waals surface area contributed by atoms with Gasteiger partial charge in [-0.05, 0) is 50.1 Å². The predicted octanol–water partition coefficient (Wildman–Crippen LogP) is 3.65. The molecule has 0 spiro atoms. The Bertz CT molecular complexity index is 723. The highest BCUT2D eigenvalue weighted by molar-refractivity contribution is 5.98. The van der Waals surface area contributed by atoms with Crippen molar-refractivity contribution in [2.45, 2.75) is 26.8 Å². The molecule has 0 aromatic heterocycles. The van der Waals surface area contributed by atoms with E-state index in [0.717, 1.165) is 16.8 Å². The quantitative estimate of drug-likeness (QED) is 0.652. The Morgan fingerprint density at radius 1 is 1.13 bits per heavy atom. The number of carbonyl (C=O) groups excluding carboxylic acids is 1. The molecular weight excluding hydrogens is 294 g/mol. The Hall–Kier alpha value is -2.89. The topological polar surface area (TPSA) is 84.3 Å². The van der Waals surface area contributed by atoms with E-state index in [9.17, 15) is 14.9 Å². The molecule has 2 rings (SSSR count). The van der Waals surface area contributed by atoms with E-state index in [0.29, 0.717) is 0 Å². The zero-order valence-electron chi connectivity index (χ0n) is 13.3. The number of hydrogen-bond donors (Lipinski definition) is 2. The van der Waals surface area contributed by atoms with Crippen molar-refractivity contribution in [1.82, 2.24) is 0 Å². The molecule has 120 valence electrons. The number of benzene rings is 2. The normalized spacial score (nSPS) is 11.6. The van der Waals surface area contributed by atoms with Gasteiger partial charge in [0.2, 0.25) is 5.91 Å². The molecule has 0 radical (unpaired) electrons. The third-order valence-electron chi connectivity index (χ3n) is 3.36. The molecule has 2 aromatic carbocycles. The van der Waals surface area contributed by atoms with Gasteiger partial charge in [-0.25, -0.2) is 0 Å². The van der Waals surface area contributed by atoms with Gasteiger partial charge >= 0.3 is 0 Å². The minimum atomic E-state index is -0.531. The first-order valence-electron chi connectivity index (χ1n) is 7.26. The molecule has 2 aromatic rings. The van der Waals surface area contributed by atoms with Gasteiger partial charge in [0.05, 0.1) is 4.92 Å². The van der Waals surface area contributed by atoms with Gasteiger partial charge in [0, 0.05) is 11.8 Å². The molecule has 0 saturated carbocycles. The molecule has 0 aliphatic rings. The van der Waals surface area contributed by atoms with E-state index in [1.165, 1.54) is 12.1 Å². The minimum absolute atomic E-state index is 0.126. The molecule has 0 aliphatic carbocycles. The molecule has 23 heavy (non-hydrogen) atoms. The molecule has 0 aliphatic heterocycles. The maximum absolute atomic E-state index is 12.3. The van der Waals surface area contributed by atoms with Gasteiger partial charge in [-0.1, -0.05) is 18.2 Å². The lowest BCUT2D eigenvalue weighted by Gasteiger charge is -2.16. The van der Waals surface area contributed by atoms with Crippen LogP contribution >= 0.6 is 0 Å². The van der Waals surface area contributed by atoms with Crippen LogP contribution in [0.4, 0.5) is 17.1 Å². The number of hydrogen-bond acceptors (Lipinski definition) is 4. The summed E-state index contributed by atoms with van der Waals surface area (Å²) in [7, 11) is 0. The standard InChI is InChI=1S/C17H19N3O3/c1-11-8-12(2)10-14(9-11)18-13(3)17(21)19-15-6-4-5-7-16(15)20(22)23/h4-10,13,18H,1-3H3,(H,19,21). The van der Waals surface area contributed by atoms with Gasteiger partial charge in [0.25, 0.3) is 5.69 Å². The average molecular weight is 313 g/mol. The summed E-state index contributed by atoms with van der Waals surface area (Å²) in [5.41, 5.74) is 3.10. The second kappa shape index (κ2) is 6.91. The number of nitrogens with zero attached hydrogens (tertiary/aromatic N) is 1. The van der Waals surface area contributed by atoms with E-state index >= 15 is 0 Å². The van der Waals surface area contributed by atoms with Crippen molar-refractivity contribution in [3.05, 3.63) is 63.7 Å². The van der Waals surface area contributed by atoms with Gasteiger partial charge in [-0.3, -0.25) is 14.9 Å². The number of nitrogens with one attached hydrogen (secondary N) is 2. The lowest BCUT2D eigenvalue weighted by atomic mass is 10.1. The highest BCUT2D eigenvalue weighted by Gasteiger charge is 2.18. The maximum atomic E-state index is 12.3. The minimum Gasteiger partial charge on any atom is -0.374 e. The highest BCUT2D eigenvalue weighted by Crippen LogP contribution is 2.23. The Labute approximate surface area is 134 Å². The fraction of sp³-hybridized carbons (Fsp3) is 0.235. The average Bonchev–Trinajstić information content (AvgIpc) is 2.46. The van der Waals surface area contributed by atoms with Crippen LogP contribution in [0, 0.1) is 24.0 Å². The first-order chi connectivity index (χ1) is 10.9. The summed E-state index contributed by atoms with van der Waals surface area (Å²) in [5, 5.41) is 16.7. The SMILES string of the molecule is Cc1cc(C)cc(NC(C)C(=O)Nc2ccccc2[N+](=O)[O-])c1. The van der Waals surface area contributed by atoms with Crippen molar-refractivity contribution in [3.8, 4) is 0 Å². The summed E-state index contributed by atoms with van der Waals surface area (Å²) < 4.78 is 0. The van der Waals surface area contributed by atoms with Crippen LogP contribution in [-0.4, -0.2) is 16.9 Å². The largest absolute Gasteiger partial charge is 0.374 e. The number of aryl methyl sites for hydroxylation is 2. The molecule has 2 N–H and O–H groups in total. The van der Waals surface area contributed by atoms with Gasteiger partial charge in [-0.15, -0.1) is 0 Å². The molecule has 0 saturated heterocycles. The Balaban J connectivity index is 2.10. The zero-order chi connectivity index (χ0) is 17.0. The lowest BCUT2D eigenvalue weighted by Crippen LogP contribution is -2.32. The third kappa shape index (κ3) is 4.29. The van der Waals surface area contributed by atoms with E-state index in [1.54, 1.807) is 19.1 Å². The summed E-state index contributed by atoms with van der Waals surface area (Å²) in [6, 6.07) is 11.5. The van der Waals surface area contributed by atoms with Crippen molar-refractivity contribution < 1.29 is 9.72 Å². The molecule has 6 heteroatoms. The fourth-order valence-corrected chi connectivity index (χ4v) is 2.35. The molecule has 0 heterocycles. The van der Waals surface area contributed by atoms with Crippen LogP contribution in [0.15, 0.2) is 42.5 Å². The van der Waals surface area contributed by atoms with Gasteiger partial charge in [0.1, 0.15) is 11.7 Å². The van der Waals surface area contributed by atoms with E-state index < -0.39 is 11.0 Å². The third-order valence-corrected chi connectivity index (χ3v) is 3.36. The molecule has 0 bridgehead atoms. The summed E-state index contributed by atoms with van der Waals surface area (Å²) in [4.78, 5) is 22.7. The lowest BCUT2D eigenvalue weighted by molar-refractivity contribution is -0.383. The summed E-state index contributed by atoms with van der Waals surface area (Å²) in [6.45, 7) is 5.67. The van der Waals surface area contributed by atoms with Crippen LogP contribution in [0.2, 0.25) is 0 Å². The van der Waals surface area contributed by atoms with Gasteiger partial charge < -0.3 is 10.6 Å². The van der Waals surface area contributed by atoms with Gasteiger partial charge in [-0.2, -0.15) is 0 Å². The Kier molecular flexibility index (Phi) is 4.95. The van der Waals surface area contributed by atoms with Gasteiger partial charge in [0.15, 0.2) is 0 Å². The van der Waals surface area contributed by atoms with Crippen LogP contribution in [0.5, 0.6) is 0 Å². The second-order valence-corrected chi connectivity index (χ2v) is 5.51. The van der Waals surface area contributed by atoms with Crippen molar-refractivity contribution in [3.63, 3.8) is 0 Å². The maximum Gasteiger partial charge on any atom is 0.292 e. The van der Waals surface area contributed by atoms with E-state index in [4.69, 9.17) is 0 Å². The number of rotatable bonds is 5. The summed E-state index contributed by atoms with van der Waals surface area (Å²) >= 11 is 0. The van der Waals surface area contributed by atoms with Crippen molar-refractivity contribution in [1.29, 1.82) is 0 Å². The Morgan fingerprint density at radius 3 is 2.35 bits per heavy atom. The van der Waals surface area contributed by atoms with Crippen molar-refractivity contribution in [2.75, 3.05) is 10.6 Å². The smallest absolute Gasteiger partial charge is 0.292 e. The van der Waals surface area contributed by atoms with Crippen LogP contribution in [0.3, 0.4) is 0 Å². The summed E-state index contributed by atoms with van der Waals surface area (Å²) in [6.07, 6.45) is 0. The molecule has 1 atom stereocenters. The van der Waals surface area contributed by atoms with E-state index in [1.807, 2.05) is 32.0 Å². The molecule has 6 nitrogen and oxygen atoms in total. The molecule has 0 fully saturated rings. The molecule has 1 amide bonds. The van der Waals surface area contributed by atoms with E-state index in [2.05, 4.69) is 10.6 Å². The molecule has 1 unspecified atom stereocenters. The number of anilines is 2. The van der Waals surface area contributed by atoms with Crippen LogP contribution in [-0.2, 0) is 4.79 Å². The second-order valence-electron chi connectivity index (χ2n) is 5.51. The number of nitro groups is 1. The van der Waals surface area contributed by atoms with Crippen LogP contribution in [0.1, 0.15) is 18.1 Å². The highest BCUT2D eigenvalue weighted by atomic mass is 16.6. The first kappa shape index (κ1) is 16.5. The number of nitro benzene ring substituents is 1. The van der Waals surface area contributed by atoms with Crippen LogP contribution in [0.25, 0.3) is 0 Å². The summed E-state index contributed by atoms with van der Waals surface area (Å²) in [5.74, 6) is -0.335. The van der Waals surface area contributed by atoms with E-state index in [-0.39, 0.29) is 17.3 Å². The Morgan fingerprint density at radius 2 is 1.74 bits per heavy atom. The molecular formula is C17H19N3O3. The van der Waals surface area contributed by atoms with Crippen LogP contribution < -0.4 is 10.6 Å².